The molecular formula is C18H30IN3OS. The molecule has 24 heavy (non-hydrogen) atoms. The Labute approximate surface area is 167 Å². The number of nitrogens with zero attached hydrogens (tertiary/aromatic N) is 1. The third-order valence-corrected chi connectivity index (χ3v) is 5.72. The van der Waals surface area contributed by atoms with Crippen LogP contribution in [0.4, 0.5) is 0 Å². The van der Waals surface area contributed by atoms with Crippen LogP contribution in [0, 0.1) is 0 Å². The van der Waals surface area contributed by atoms with Crippen LogP contribution in [0.15, 0.2) is 29.3 Å². The van der Waals surface area contributed by atoms with Crippen LogP contribution in [-0.4, -0.2) is 36.7 Å². The number of ether oxygens (including phenoxy) is 1. The van der Waals surface area contributed by atoms with E-state index in [1.54, 1.807) is 0 Å². The highest BCUT2D eigenvalue weighted by Gasteiger charge is 2.29. The van der Waals surface area contributed by atoms with E-state index in [1.807, 2.05) is 14.0 Å². The summed E-state index contributed by atoms with van der Waals surface area (Å²) in [7, 11) is 1.82. The van der Waals surface area contributed by atoms with E-state index in [0.29, 0.717) is 11.4 Å². The van der Waals surface area contributed by atoms with Crippen molar-refractivity contribution in [3.63, 3.8) is 0 Å². The molecule has 2 N–H and O–H groups in total. The van der Waals surface area contributed by atoms with Crippen LogP contribution in [0.5, 0.6) is 0 Å². The Bertz CT molecular complexity index is 519. The zero-order valence-corrected chi connectivity index (χ0v) is 18.1. The molecule has 0 bridgehead atoms. The number of thioether (sulfide) groups is 1. The first-order valence-electron chi connectivity index (χ1n) is 8.40. The van der Waals surface area contributed by atoms with Gasteiger partial charge in [-0.25, -0.2) is 0 Å². The van der Waals surface area contributed by atoms with Crippen molar-refractivity contribution in [2.45, 2.75) is 44.6 Å². The predicted octanol–water partition coefficient (Wildman–Crippen LogP) is 3.79. The first-order valence-corrected chi connectivity index (χ1v) is 9.38. The van der Waals surface area contributed by atoms with Crippen LogP contribution in [0.1, 0.15) is 37.8 Å². The molecule has 0 radical (unpaired) electrons. The van der Waals surface area contributed by atoms with Gasteiger partial charge in [0.2, 0.25) is 0 Å². The molecule has 2 rings (SSSR count). The van der Waals surface area contributed by atoms with Crippen molar-refractivity contribution in [2.24, 2.45) is 4.99 Å². The normalized spacial score (nSPS) is 20.5. The lowest BCUT2D eigenvalue weighted by atomic mass is 10.1. The van der Waals surface area contributed by atoms with Crippen molar-refractivity contribution in [2.75, 3.05) is 26.0 Å². The van der Waals surface area contributed by atoms with Gasteiger partial charge in [-0.1, -0.05) is 24.3 Å². The molecule has 1 saturated heterocycles. The van der Waals surface area contributed by atoms with Crippen LogP contribution in [-0.2, 0) is 17.9 Å². The van der Waals surface area contributed by atoms with Crippen LogP contribution in [0.25, 0.3) is 0 Å². The van der Waals surface area contributed by atoms with Crippen molar-refractivity contribution in [1.29, 1.82) is 0 Å². The van der Waals surface area contributed by atoms with E-state index in [4.69, 9.17) is 4.74 Å². The molecule has 0 spiro atoms. The summed E-state index contributed by atoms with van der Waals surface area (Å²) < 4.78 is 5.88. The molecule has 4 nitrogen and oxygen atoms in total. The molecule has 1 heterocycles. The first-order chi connectivity index (χ1) is 11.2. The monoisotopic (exact) mass is 463 g/mol. The van der Waals surface area contributed by atoms with Crippen LogP contribution in [0.3, 0.4) is 0 Å². The second-order valence-electron chi connectivity index (χ2n) is 6.09. The van der Waals surface area contributed by atoms with E-state index < -0.39 is 0 Å². The Balaban J connectivity index is 0.00000288. The van der Waals surface area contributed by atoms with Gasteiger partial charge in [0, 0.05) is 31.5 Å². The van der Waals surface area contributed by atoms with Crippen LogP contribution < -0.4 is 10.6 Å². The number of halogens is 1. The zero-order chi connectivity index (χ0) is 16.5. The third kappa shape index (κ3) is 6.80. The molecular weight excluding hydrogens is 433 g/mol. The summed E-state index contributed by atoms with van der Waals surface area (Å²) in [6.45, 7) is 7.47. The van der Waals surface area contributed by atoms with Crippen LogP contribution >= 0.6 is 35.7 Å². The zero-order valence-electron chi connectivity index (χ0n) is 14.9. The SMILES string of the molecule is CCOCc1ccccc1CNC(=NC)NCC1(C)CCCS1.I. The average molecular weight is 463 g/mol. The Morgan fingerprint density at radius 3 is 2.67 bits per heavy atom. The van der Waals surface area contributed by atoms with E-state index in [2.05, 4.69) is 58.6 Å². The molecule has 1 aliphatic rings. The van der Waals surface area contributed by atoms with Gasteiger partial charge in [0.1, 0.15) is 0 Å². The fourth-order valence-electron chi connectivity index (χ4n) is 2.73. The Kier molecular flexibility index (Phi) is 10.1. The molecule has 1 aromatic carbocycles. The molecule has 1 aromatic rings. The number of hydrogen-bond acceptors (Lipinski definition) is 3. The topological polar surface area (TPSA) is 45.6 Å². The summed E-state index contributed by atoms with van der Waals surface area (Å²) in [5.41, 5.74) is 2.49. The third-order valence-electron chi connectivity index (χ3n) is 4.18. The Hall–Kier alpha value is -0.470. The molecule has 1 fully saturated rings. The highest BCUT2D eigenvalue weighted by molar-refractivity contribution is 14.0. The first kappa shape index (κ1) is 21.6. The molecule has 1 atom stereocenters. The quantitative estimate of drug-likeness (QED) is 0.367. The molecule has 0 aromatic heterocycles. The minimum atomic E-state index is 0. The second kappa shape index (κ2) is 11.2. The number of benzene rings is 1. The molecule has 1 aliphatic heterocycles. The van der Waals surface area contributed by atoms with Gasteiger partial charge in [0.25, 0.3) is 0 Å². The highest BCUT2D eigenvalue weighted by atomic mass is 127. The van der Waals surface area contributed by atoms with E-state index in [-0.39, 0.29) is 24.0 Å². The fourth-order valence-corrected chi connectivity index (χ4v) is 3.97. The average Bonchev–Trinajstić information content (AvgIpc) is 3.01. The van der Waals surface area contributed by atoms with Gasteiger partial charge in [0.05, 0.1) is 6.61 Å². The van der Waals surface area contributed by atoms with Gasteiger partial charge in [-0.05, 0) is 43.6 Å². The van der Waals surface area contributed by atoms with Gasteiger partial charge in [-0.2, -0.15) is 11.8 Å². The van der Waals surface area contributed by atoms with Gasteiger partial charge in [-0.3, -0.25) is 4.99 Å². The summed E-state index contributed by atoms with van der Waals surface area (Å²) in [4.78, 5) is 4.34. The van der Waals surface area contributed by atoms with Crippen LogP contribution in [0.2, 0.25) is 0 Å². The highest BCUT2D eigenvalue weighted by Crippen LogP contribution is 2.36. The summed E-state index contributed by atoms with van der Waals surface area (Å²) in [5, 5.41) is 6.89. The molecule has 0 aliphatic carbocycles. The van der Waals surface area contributed by atoms with E-state index in [9.17, 15) is 0 Å². The van der Waals surface area contributed by atoms with Gasteiger partial charge >= 0.3 is 0 Å². The van der Waals surface area contributed by atoms with Crippen molar-refractivity contribution < 1.29 is 4.74 Å². The van der Waals surface area contributed by atoms with E-state index in [0.717, 1.165) is 25.7 Å². The molecule has 0 saturated carbocycles. The Morgan fingerprint density at radius 1 is 1.29 bits per heavy atom. The lowest BCUT2D eigenvalue weighted by Gasteiger charge is -2.24. The lowest BCUT2D eigenvalue weighted by molar-refractivity contribution is 0.133. The van der Waals surface area contributed by atoms with Crippen molar-refractivity contribution >= 4 is 41.7 Å². The number of nitrogens with one attached hydrogen (secondary N) is 2. The minimum Gasteiger partial charge on any atom is -0.377 e. The maximum Gasteiger partial charge on any atom is 0.191 e. The summed E-state index contributed by atoms with van der Waals surface area (Å²) in [6.07, 6.45) is 2.60. The lowest BCUT2D eigenvalue weighted by Crippen LogP contribution is -2.43. The van der Waals surface area contributed by atoms with Gasteiger partial charge < -0.3 is 15.4 Å². The summed E-state index contributed by atoms with van der Waals surface area (Å²) in [5.74, 6) is 2.14. The second-order valence-corrected chi connectivity index (χ2v) is 7.77. The standard InChI is InChI=1S/C18H29N3OS.HI/c1-4-22-13-16-9-6-5-8-15(16)12-20-17(19-3)21-14-18(2)10-7-11-23-18;/h5-6,8-9H,4,7,10-14H2,1-3H3,(H2,19,20,21);1H. The number of aliphatic imine (C=N–C) groups is 1. The molecule has 1 unspecified atom stereocenters. The molecule has 136 valence electrons. The summed E-state index contributed by atoms with van der Waals surface area (Å²) in [6, 6.07) is 8.39. The van der Waals surface area contributed by atoms with Gasteiger partial charge in [-0.15, -0.1) is 24.0 Å². The minimum absolute atomic E-state index is 0. The summed E-state index contributed by atoms with van der Waals surface area (Å²) >= 11 is 2.06. The molecule has 0 amide bonds. The van der Waals surface area contributed by atoms with Crippen molar-refractivity contribution in [1.82, 2.24) is 10.6 Å². The number of rotatable bonds is 7. The van der Waals surface area contributed by atoms with E-state index in [1.165, 1.54) is 29.7 Å². The Morgan fingerprint density at radius 2 is 2.04 bits per heavy atom. The largest absolute Gasteiger partial charge is 0.377 e. The smallest absolute Gasteiger partial charge is 0.191 e. The van der Waals surface area contributed by atoms with E-state index >= 15 is 0 Å². The number of guanidine groups is 1. The predicted molar refractivity (Wildman–Crippen MR) is 115 cm³/mol. The van der Waals surface area contributed by atoms with Crippen molar-refractivity contribution in [3.8, 4) is 0 Å². The maximum atomic E-state index is 5.55. The van der Waals surface area contributed by atoms with Gasteiger partial charge in [0.15, 0.2) is 5.96 Å². The van der Waals surface area contributed by atoms with Crippen molar-refractivity contribution in [3.05, 3.63) is 35.4 Å². The fraction of sp³-hybridized carbons (Fsp3) is 0.611. The maximum absolute atomic E-state index is 5.55. The molecule has 6 heteroatoms. The number of hydrogen-bond donors (Lipinski definition) is 2.